The van der Waals surface area contributed by atoms with Crippen molar-refractivity contribution in [2.75, 3.05) is 18.1 Å². The van der Waals surface area contributed by atoms with Crippen LogP contribution in [0, 0.1) is 0 Å². The van der Waals surface area contributed by atoms with Crippen molar-refractivity contribution in [3.63, 3.8) is 0 Å². The highest BCUT2D eigenvalue weighted by Crippen LogP contribution is 2.33. The number of nitrogens with two attached hydrogens (primary N) is 1. The number of benzene rings is 1. The zero-order valence-electron chi connectivity index (χ0n) is 10.3. The van der Waals surface area contributed by atoms with Crippen molar-refractivity contribution in [1.29, 1.82) is 0 Å². The number of ether oxygens (including phenoxy) is 1. The molecule has 2 heterocycles. The summed E-state index contributed by atoms with van der Waals surface area (Å²) in [5.74, 6) is -0.295. The van der Waals surface area contributed by atoms with E-state index in [-0.39, 0.29) is 12.4 Å². The number of amidine groups is 1. The Bertz CT molecular complexity index is 752. The lowest BCUT2D eigenvalue weighted by Gasteiger charge is -2.29. The van der Waals surface area contributed by atoms with E-state index in [4.69, 9.17) is 10.5 Å². The summed E-state index contributed by atoms with van der Waals surface area (Å²) in [5.41, 5.74) is 5.89. The van der Waals surface area contributed by atoms with Crippen molar-refractivity contribution in [3.8, 4) is 5.75 Å². The monoisotopic (exact) mass is 293 g/mol. The van der Waals surface area contributed by atoms with Crippen LogP contribution in [0.3, 0.4) is 0 Å². The lowest BCUT2D eigenvalue weighted by atomic mass is 10.2. The molecule has 0 aromatic heterocycles. The summed E-state index contributed by atoms with van der Waals surface area (Å²) in [6.07, 6.45) is 1.08. The first-order valence-electron chi connectivity index (χ1n) is 5.85. The number of carbonyl (C=O) groups excluding carboxylic acids is 1. The topological polar surface area (TPSA) is 102 Å². The molecular weight excluding hydrogens is 282 g/mol. The maximum Gasteiger partial charge on any atom is 0.289 e. The first-order valence-corrected chi connectivity index (χ1v) is 7.29. The van der Waals surface area contributed by atoms with E-state index in [1.165, 1.54) is 4.90 Å². The fourth-order valence-corrected chi connectivity index (χ4v) is 3.14. The molecule has 0 aliphatic carbocycles. The standard InChI is InChI=1S/C12H11N3O4S/c13-11-7-10(20(17,18)14-11)12(16)15-5-6-19-9-4-2-1-3-8(9)15/h1-4,7H,5-6H2,(H2,13,14). The van der Waals surface area contributed by atoms with Gasteiger partial charge in [-0.25, -0.2) is 0 Å². The van der Waals surface area contributed by atoms with E-state index in [0.717, 1.165) is 6.08 Å². The van der Waals surface area contributed by atoms with E-state index < -0.39 is 20.8 Å². The Morgan fingerprint density at radius 3 is 2.80 bits per heavy atom. The predicted octanol–water partition coefficient (Wildman–Crippen LogP) is -0.00350. The third-order valence-corrected chi connectivity index (χ3v) is 4.27. The molecule has 0 fully saturated rings. The van der Waals surface area contributed by atoms with Gasteiger partial charge in [0.2, 0.25) is 0 Å². The van der Waals surface area contributed by atoms with Crippen LogP contribution in [0.25, 0.3) is 0 Å². The lowest BCUT2D eigenvalue weighted by molar-refractivity contribution is -0.114. The molecule has 7 nitrogen and oxygen atoms in total. The normalized spacial score (nSPS) is 19.7. The minimum absolute atomic E-state index is 0.185. The van der Waals surface area contributed by atoms with Gasteiger partial charge in [0.25, 0.3) is 15.9 Å². The number of nitrogens with zero attached hydrogens (tertiary/aromatic N) is 2. The Morgan fingerprint density at radius 1 is 1.35 bits per heavy atom. The van der Waals surface area contributed by atoms with Crippen molar-refractivity contribution in [2.24, 2.45) is 10.1 Å². The number of para-hydroxylation sites is 2. The molecule has 0 saturated heterocycles. The Balaban J connectivity index is 2.00. The van der Waals surface area contributed by atoms with Crippen LogP contribution in [0.5, 0.6) is 5.75 Å². The molecule has 0 unspecified atom stereocenters. The van der Waals surface area contributed by atoms with Gasteiger partial charge in [-0.3, -0.25) is 4.79 Å². The summed E-state index contributed by atoms with van der Waals surface area (Å²) >= 11 is 0. The Morgan fingerprint density at radius 2 is 2.10 bits per heavy atom. The van der Waals surface area contributed by atoms with Crippen LogP contribution < -0.4 is 15.4 Å². The number of sulfonamides is 1. The second kappa shape index (κ2) is 4.34. The number of hydrogen-bond acceptors (Lipinski definition) is 5. The fraction of sp³-hybridized carbons (Fsp3) is 0.167. The van der Waals surface area contributed by atoms with Gasteiger partial charge in [-0.2, -0.15) is 8.42 Å². The first kappa shape index (κ1) is 12.7. The van der Waals surface area contributed by atoms with Crippen LogP contribution in [0.15, 0.2) is 39.6 Å². The van der Waals surface area contributed by atoms with Crippen molar-refractivity contribution in [1.82, 2.24) is 0 Å². The van der Waals surface area contributed by atoms with Crippen molar-refractivity contribution in [2.45, 2.75) is 0 Å². The molecule has 0 saturated carbocycles. The van der Waals surface area contributed by atoms with Gasteiger partial charge in [0.1, 0.15) is 18.2 Å². The lowest BCUT2D eigenvalue weighted by Crippen LogP contribution is -2.39. The van der Waals surface area contributed by atoms with Gasteiger partial charge in [0.05, 0.1) is 12.2 Å². The SMILES string of the molecule is NC1=NS(=O)(=O)C(C(=O)N2CCOc3ccccc32)=C1. The van der Waals surface area contributed by atoms with E-state index in [2.05, 4.69) is 4.40 Å². The fourth-order valence-electron chi connectivity index (χ4n) is 2.11. The van der Waals surface area contributed by atoms with E-state index in [1.807, 2.05) is 0 Å². The molecule has 0 atom stereocenters. The molecule has 2 aliphatic rings. The second-order valence-electron chi connectivity index (χ2n) is 4.27. The molecule has 1 amide bonds. The number of anilines is 1. The third kappa shape index (κ3) is 1.94. The highest BCUT2D eigenvalue weighted by molar-refractivity contribution is 7.95. The molecule has 0 spiro atoms. The second-order valence-corrected chi connectivity index (χ2v) is 5.85. The van der Waals surface area contributed by atoms with Crippen molar-refractivity contribution < 1.29 is 17.9 Å². The minimum atomic E-state index is -4.00. The predicted molar refractivity (Wildman–Crippen MR) is 72.9 cm³/mol. The zero-order chi connectivity index (χ0) is 14.3. The van der Waals surface area contributed by atoms with Gasteiger partial charge in [0, 0.05) is 6.08 Å². The van der Waals surface area contributed by atoms with Gasteiger partial charge < -0.3 is 15.4 Å². The van der Waals surface area contributed by atoms with Gasteiger partial charge in [-0.05, 0) is 12.1 Å². The number of amides is 1. The largest absolute Gasteiger partial charge is 0.490 e. The summed E-state index contributed by atoms with van der Waals surface area (Å²) in [7, 11) is -4.00. The molecule has 8 heteroatoms. The molecule has 1 aromatic carbocycles. The highest BCUT2D eigenvalue weighted by Gasteiger charge is 2.35. The molecule has 20 heavy (non-hydrogen) atoms. The molecule has 104 valence electrons. The summed E-state index contributed by atoms with van der Waals surface area (Å²) in [4.78, 5) is 13.4. The quantitative estimate of drug-likeness (QED) is 0.785. The number of hydrogen-bond donors (Lipinski definition) is 1. The van der Waals surface area contributed by atoms with Crippen molar-refractivity contribution in [3.05, 3.63) is 35.2 Å². The molecule has 3 rings (SSSR count). The van der Waals surface area contributed by atoms with Crippen LogP contribution >= 0.6 is 0 Å². The van der Waals surface area contributed by atoms with Gasteiger partial charge in [-0.15, -0.1) is 4.40 Å². The molecule has 0 radical (unpaired) electrons. The maximum absolute atomic E-state index is 12.4. The molecule has 2 aliphatic heterocycles. The van der Waals surface area contributed by atoms with Crippen LogP contribution in [0.1, 0.15) is 0 Å². The van der Waals surface area contributed by atoms with Gasteiger partial charge in [-0.1, -0.05) is 12.1 Å². The van der Waals surface area contributed by atoms with Crippen LogP contribution in [0.4, 0.5) is 5.69 Å². The smallest absolute Gasteiger partial charge is 0.289 e. The summed E-state index contributed by atoms with van der Waals surface area (Å²) in [6, 6.07) is 6.94. The number of fused-ring (bicyclic) bond motifs is 1. The van der Waals surface area contributed by atoms with Gasteiger partial charge >= 0.3 is 0 Å². The Kier molecular flexibility index (Phi) is 2.75. The summed E-state index contributed by atoms with van der Waals surface area (Å²) < 4.78 is 32.2. The third-order valence-electron chi connectivity index (χ3n) is 2.97. The van der Waals surface area contributed by atoms with E-state index in [0.29, 0.717) is 18.0 Å². The summed E-state index contributed by atoms with van der Waals surface area (Å²) in [6.45, 7) is 0.565. The Labute approximate surface area is 115 Å². The van der Waals surface area contributed by atoms with E-state index >= 15 is 0 Å². The average molecular weight is 293 g/mol. The molecule has 0 bridgehead atoms. The first-order chi connectivity index (χ1) is 9.49. The molecule has 1 aromatic rings. The van der Waals surface area contributed by atoms with Gasteiger partial charge in [0.15, 0.2) is 4.91 Å². The van der Waals surface area contributed by atoms with Crippen LogP contribution in [-0.2, 0) is 14.8 Å². The van der Waals surface area contributed by atoms with Crippen molar-refractivity contribution >= 4 is 27.5 Å². The molecular formula is C12H11N3O4S. The maximum atomic E-state index is 12.4. The van der Waals surface area contributed by atoms with E-state index in [1.54, 1.807) is 24.3 Å². The number of carbonyl (C=O) groups is 1. The average Bonchev–Trinajstić information content (AvgIpc) is 2.70. The highest BCUT2D eigenvalue weighted by atomic mass is 32.2. The molecule has 2 N–H and O–H groups in total. The zero-order valence-corrected chi connectivity index (χ0v) is 11.1. The Hall–Kier alpha value is -2.35. The van der Waals surface area contributed by atoms with E-state index in [9.17, 15) is 13.2 Å². The van der Waals surface area contributed by atoms with Crippen LogP contribution in [-0.4, -0.2) is 33.3 Å². The summed E-state index contributed by atoms with van der Waals surface area (Å²) in [5, 5.41) is 0. The van der Waals surface area contributed by atoms with Crippen LogP contribution in [0.2, 0.25) is 0 Å². The number of rotatable bonds is 1. The minimum Gasteiger partial charge on any atom is -0.490 e.